The number of halogens is 1. The lowest BCUT2D eigenvalue weighted by Crippen LogP contribution is -2.33. The van der Waals surface area contributed by atoms with Crippen LogP contribution >= 0.6 is 22.6 Å². The molecule has 0 aromatic heterocycles. The van der Waals surface area contributed by atoms with E-state index in [1.807, 2.05) is 0 Å². The van der Waals surface area contributed by atoms with E-state index in [9.17, 15) is 0 Å². The summed E-state index contributed by atoms with van der Waals surface area (Å²) in [6.45, 7) is 1.59. The molecule has 0 radical (unpaired) electrons. The third kappa shape index (κ3) is 1.31. The molecule has 2 nitrogen and oxygen atoms in total. The van der Waals surface area contributed by atoms with Gasteiger partial charge >= 0.3 is 0 Å². The van der Waals surface area contributed by atoms with Crippen molar-refractivity contribution in [1.29, 1.82) is 0 Å². The van der Waals surface area contributed by atoms with E-state index in [1.54, 1.807) is 0 Å². The second-order valence-electron chi connectivity index (χ2n) is 2.89. The first-order chi connectivity index (χ1) is 4.86. The maximum absolute atomic E-state index is 5.54. The van der Waals surface area contributed by atoms with E-state index in [0.29, 0.717) is 12.2 Å². The molecule has 0 spiro atoms. The Bertz CT molecular complexity index is 115. The molecule has 2 fully saturated rings. The summed E-state index contributed by atoms with van der Waals surface area (Å²) in [6, 6.07) is 0. The van der Waals surface area contributed by atoms with Crippen molar-refractivity contribution in [2.24, 2.45) is 0 Å². The molecule has 3 heteroatoms. The van der Waals surface area contributed by atoms with Crippen LogP contribution in [-0.2, 0) is 9.47 Å². The van der Waals surface area contributed by atoms with Gasteiger partial charge in [0.1, 0.15) is 0 Å². The van der Waals surface area contributed by atoms with Gasteiger partial charge in [0, 0.05) is 3.92 Å². The van der Waals surface area contributed by atoms with Crippen LogP contribution in [0.1, 0.15) is 12.8 Å². The lowest BCUT2D eigenvalue weighted by Gasteiger charge is -2.25. The fourth-order valence-corrected chi connectivity index (χ4v) is 2.66. The monoisotopic (exact) mass is 254 g/mol. The maximum Gasteiger partial charge on any atom is 0.0848 e. The standard InChI is InChI=1S/C7H11IO2/c8-5-3-6-7(4-5)10-2-1-9-6/h5-7H,1-4H2. The Morgan fingerprint density at radius 3 is 2.00 bits per heavy atom. The van der Waals surface area contributed by atoms with Gasteiger partial charge in [-0.2, -0.15) is 0 Å². The van der Waals surface area contributed by atoms with Gasteiger partial charge in [-0.05, 0) is 12.8 Å². The molecular weight excluding hydrogens is 243 g/mol. The van der Waals surface area contributed by atoms with Crippen LogP contribution in [0.15, 0.2) is 0 Å². The number of rotatable bonds is 0. The normalized spacial score (nSPS) is 47.1. The van der Waals surface area contributed by atoms with Crippen LogP contribution in [-0.4, -0.2) is 29.3 Å². The van der Waals surface area contributed by atoms with Crippen molar-refractivity contribution in [3.05, 3.63) is 0 Å². The minimum atomic E-state index is 0.413. The summed E-state index contributed by atoms with van der Waals surface area (Å²) in [5.74, 6) is 0. The Morgan fingerprint density at radius 2 is 1.50 bits per heavy atom. The van der Waals surface area contributed by atoms with Gasteiger partial charge in [0.2, 0.25) is 0 Å². The fourth-order valence-electron chi connectivity index (χ4n) is 1.65. The van der Waals surface area contributed by atoms with Crippen molar-refractivity contribution >= 4 is 22.6 Å². The molecule has 2 rings (SSSR count). The summed E-state index contributed by atoms with van der Waals surface area (Å²) in [7, 11) is 0. The number of alkyl halides is 1. The molecule has 2 atom stereocenters. The van der Waals surface area contributed by atoms with Crippen LogP contribution < -0.4 is 0 Å². The van der Waals surface area contributed by atoms with Gasteiger partial charge in [0.25, 0.3) is 0 Å². The molecule has 58 valence electrons. The van der Waals surface area contributed by atoms with Gasteiger partial charge in [0.15, 0.2) is 0 Å². The smallest absolute Gasteiger partial charge is 0.0848 e. The predicted octanol–water partition coefficient (Wildman–Crippen LogP) is 1.37. The van der Waals surface area contributed by atoms with Gasteiger partial charge in [-0.3, -0.25) is 0 Å². The predicted molar refractivity (Wildman–Crippen MR) is 46.5 cm³/mol. The van der Waals surface area contributed by atoms with Gasteiger partial charge < -0.3 is 9.47 Å². The van der Waals surface area contributed by atoms with E-state index >= 15 is 0 Å². The molecule has 1 heterocycles. The Morgan fingerprint density at radius 1 is 1.00 bits per heavy atom. The molecule has 1 aliphatic heterocycles. The number of ether oxygens (including phenoxy) is 2. The zero-order valence-electron chi connectivity index (χ0n) is 5.75. The molecule has 1 saturated heterocycles. The number of hydrogen-bond acceptors (Lipinski definition) is 2. The summed E-state index contributed by atoms with van der Waals surface area (Å²) in [5, 5.41) is 0. The van der Waals surface area contributed by atoms with Gasteiger partial charge in [0.05, 0.1) is 25.4 Å². The summed E-state index contributed by atoms with van der Waals surface area (Å²) < 4.78 is 11.9. The second kappa shape index (κ2) is 2.95. The summed E-state index contributed by atoms with van der Waals surface area (Å²) >= 11 is 2.48. The molecule has 10 heavy (non-hydrogen) atoms. The van der Waals surface area contributed by atoms with E-state index in [4.69, 9.17) is 9.47 Å². The van der Waals surface area contributed by atoms with E-state index in [-0.39, 0.29) is 0 Å². The van der Waals surface area contributed by atoms with Crippen LogP contribution in [0.5, 0.6) is 0 Å². The van der Waals surface area contributed by atoms with E-state index in [2.05, 4.69) is 22.6 Å². The Kier molecular flexibility index (Phi) is 2.15. The molecule has 0 bridgehead atoms. The van der Waals surface area contributed by atoms with E-state index in [0.717, 1.165) is 17.1 Å². The highest BCUT2D eigenvalue weighted by Crippen LogP contribution is 2.32. The molecule has 1 saturated carbocycles. The van der Waals surface area contributed by atoms with Crippen molar-refractivity contribution in [1.82, 2.24) is 0 Å². The highest BCUT2D eigenvalue weighted by atomic mass is 127. The van der Waals surface area contributed by atoms with Crippen molar-refractivity contribution in [2.45, 2.75) is 29.0 Å². The molecule has 0 amide bonds. The Hall–Kier alpha value is 0.650. The quantitative estimate of drug-likeness (QED) is 0.480. The van der Waals surface area contributed by atoms with Gasteiger partial charge in [-0.1, -0.05) is 22.6 Å². The first kappa shape index (κ1) is 7.31. The molecule has 0 N–H and O–H groups in total. The van der Waals surface area contributed by atoms with Crippen LogP contribution in [0.3, 0.4) is 0 Å². The molecule has 2 aliphatic rings. The lowest BCUT2D eigenvalue weighted by atomic mass is 10.2. The average Bonchev–Trinajstić information content (AvgIpc) is 2.27. The number of hydrogen-bond donors (Lipinski definition) is 0. The van der Waals surface area contributed by atoms with Crippen molar-refractivity contribution in [2.75, 3.05) is 13.2 Å². The van der Waals surface area contributed by atoms with Crippen molar-refractivity contribution in [3.63, 3.8) is 0 Å². The van der Waals surface area contributed by atoms with Gasteiger partial charge in [-0.25, -0.2) is 0 Å². The Labute approximate surface area is 74.4 Å². The first-order valence-electron chi connectivity index (χ1n) is 3.73. The summed E-state index contributed by atoms with van der Waals surface area (Å²) in [5.41, 5.74) is 0. The molecular formula is C7H11IO2. The van der Waals surface area contributed by atoms with Crippen LogP contribution in [0.2, 0.25) is 0 Å². The number of fused-ring (bicyclic) bond motifs is 1. The lowest BCUT2D eigenvalue weighted by molar-refractivity contribution is -0.124. The molecule has 1 aliphatic carbocycles. The van der Waals surface area contributed by atoms with Gasteiger partial charge in [-0.15, -0.1) is 0 Å². The topological polar surface area (TPSA) is 18.5 Å². The first-order valence-corrected chi connectivity index (χ1v) is 4.98. The third-order valence-corrected chi connectivity index (χ3v) is 3.16. The van der Waals surface area contributed by atoms with Crippen molar-refractivity contribution in [3.8, 4) is 0 Å². The van der Waals surface area contributed by atoms with E-state index in [1.165, 1.54) is 12.8 Å². The van der Waals surface area contributed by atoms with Crippen LogP contribution in [0.25, 0.3) is 0 Å². The third-order valence-electron chi connectivity index (χ3n) is 2.14. The minimum absolute atomic E-state index is 0.413. The molecule has 0 aromatic rings. The Balaban J connectivity index is 1.97. The summed E-state index contributed by atoms with van der Waals surface area (Å²) in [6.07, 6.45) is 3.20. The maximum atomic E-state index is 5.54. The second-order valence-corrected chi connectivity index (χ2v) is 4.65. The highest BCUT2D eigenvalue weighted by Gasteiger charge is 2.36. The fraction of sp³-hybridized carbons (Fsp3) is 1.00. The van der Waals surface area contributed by atoms with Crippen LogP contribution in [0.4, 0.5) is 0 Å². The van der Waals surface area contributed by atoms with Crippen LogP contribution in [0, 0.1) is 0 Å². The average molecular weight is 254 g/mol. The SMILES string of the molecule is IC1CC2OCCOC2C1. The molecule has 0 aromatic carbocycles. The highest BCUT2D eigenvalue weighted by molar-refractivity contribution is 14.1. The zero-order valence-corrected chi connectivity index (χ0v) is 7.91. The zero-order chi connectivity index (χ0) is 6.97. The largest absolute Gasteiger partial charge is 0.373 e. The molecule has 2 unspecified atom stereocenters. The van der Waals surface area contributed by atoms with E-state index < -0.39 is 0 Å². The van der Waals surface area contributed by atoms with Crippen molar-refractivity contribution < 1.29 is 9.47 Å². The minimum Gasteiger partial charge on any atom is -0.373 e. The summed E-state index contributed by atoms with van der Waals surface area (Å²) in [4.78, 5) is 0.